The predicted octanol–water partition coefficient (Wildman–Crippen LogP) is 4.63. The van der Waals surface area contributed by atoms with Crippen LogP contribution < -0.4 is 10.6 Å². The number of piperidine rings is 1. The Hall–Kier alpha value is -0.610. The smallest absolute Gasteiger partial charge is 0.106 e. The lowest BCUT2D eigenvalue weighted by Crippen LogP contribution is -2.41. The van der Waals surface area contributed by atoms with Crippen LogP contribution >= 0.6 is 28.1 Å². The van der Waals surface area contributed by atoms with Crippen LogP contribution in [0.4, 0.5) is 5.69 Å². The van der Waals surface area contributed by atoms with Gasteiger partial charge in [0.05, 0.1) is 0 Å². The number of hydrogen-bond donors (Lipinski definition) is 1. The fourth-order valence-corrected chi connectivity index (χ4v) is 4.53. The molecule has 3 rings (SSSR count). The zero-order chi connectivity index (χ0) is 14.9. The second kappa shape index (κ2) is 6.25. The molecule has 114 valence electrons. The van der Waals surface area contributed by atoms with Crippen LogP contribution in [0.3, 0.4) is 0 Å². The van der Waals surface area contributed by atoms with E-state index in [1.54, 1.807) is 0 Å². The van der Waals surface area contributed by atoms with E-state index < -0.39 is 0 Å². The van der Waals surface area contributed by atoms with Gasteiger partial charge in [-0.2, -0.15) is 0 Å². The fourth-order valence-electron chi connectivity index (χ4n) is 4.01. The Bertz CT molecular complexity index is 528. The van der Waals surface area contributed by atoms with Crippen LogP contribution in [-0.2, 0) is 0 Å². The van der Waals surface area contributed by atoms with E-state index in [1.807, 2.05) is 6.07 Å². The van der Waals surface area contributed by atoms with Crippen molar-refractivity contribution in [2.75, 3.05) is 18.0 Å². The summed E-state index contributed by atoms with van der Waals surface area (Å²) in [7, 11) is 0. The SMILES string of the molecule is NC(=S)c1cc(Br)ccc1N1CCC2(CCCCC2)CC1. The van der Waals surface area contributed by atoms with E-state index in [0.717, 1.165) is 23.1 Å². The normalized spacial score (nSPS) is 21.5. The van der Waals surface area contributed by atoms with Crippen molar-refractivity contribution in [3.8, 4) is 0 Å². The molecule has 2 N–H and O–H groups in total. The molecule has 1 saturated heterocycles. The molecule has 0 aromatic heterocycles. The first-order chi connectivity index (χ1) is 10.1. The highest BCUT2D eigenvalue weighted by molar-refractivity contribution is 9.10. The highest BCUT2D eigenvalue weighted by atomic mass is 79.9. The molecule has 2 nitrogen and oxygen atoms in total. The Balaban J connectivity index is 1.76. The Morgan fingerprint density at radius 3 is 2.38 bits per heavy atom. The molecule has 0 unspecified atom stereocenters. The zero-order valence-electron chi connectivity index (χ0n) is 12.4. The first kappa shape index (κ1) is 15.3. The van der Waals surface area contributed by atoms with E-state index in [9.17, 15) is 0 Å². The van der Waals surface area contributed by atoms with Gasteiger partial charge in [0.2, 0.25) is 0 Å². The van der Waals surface area contributed by atoms with Crippen molar-refractivity contribution < 1.29 is 0 Å². The summed E-state index contributed by atoms with van der Waals surface area (Å²) in [4.78, 5) is 2.96. The molecule has 1 aliphatic carbocycles. The largest absolute Gasteiger partial charge is 0.389 e. The van der Waals surface area contributed by atoms with Crippen LogP contribution in [0.2, 0.25) is 0 Å². The average molecular weight is 367 g/mol. The number of rotatable bonds is 2. The number of thiocarbonyl (C=S) groups is 1. The number of anilines is 1. The van der Waals surface area contributed by atoms with Crippen LogP contribution in [0.15, 0.2) is 22.7 Å². The van der Waals surface area contributed by atoms with Gasteiger partial charge in [-0.15, -0.1) is 0 Å². The number of halogens is 1. The molecule has 0 amide bonds. The maximum Gasteiger partial charge on any atom is 0.106 e. The first-order valence-corrected chi connectivity index (χ1v) is 9.14. The number of nitrogens with zero attached hydrogens (tertiary/aromatic N) is 1. The summed E-state index contributed by atoms with van der Waals surface area (Å²) in [6.07, 6.45) is 9.79. The van der Waals surface area contributed by atoms with Crippen LogP contribution in [0.5, 0.6) is 0 Å². The second-order valence-electron chi connectivity index (χ2n) is 6.57. The fraction of sp³-hybridized carbons (Fsp3) is 0.588. The van der Waals surface area contributed by atoms with Gasteiger partial charge in [0.25, 0.3) is 0 Å². The van der Waals surface area contributed by atoms with Gasteiger partial charge in [0, 0.05) is 28.8 Å². The van der Waals surface area contributed by atoms with Crippen LogP contribution in [0, 0.1) is 5.41 Å². The molecule has 2 fully saturated rings. The highest BCUT2D eigenvalue weighted by Crippen LogP contribution is 2.45. The molecule has 1 aromatic carbocycles. The van der Waals surface area contributed by atoms with E-state index in [-0.39, 0.29) is 0 Å². The van der Waals surface area contributed by atoms with Crippen molar-refractivity contribution in [3.05, 3.63) is 28.2 Å². The number of benzene rings is 1. The third-order valence-electron chi connectivity index (χ3n) is 5.30. The Morgan fingerprint density at radius 2 is 1.76 bits per heavy atom. The molecule has 2 aliphatic rings. The third kappa shape index (κ3) is 3.26. The molecular weight excluding hydrogens is 344 g/mol. The molecular formula is C17H23BrN2S. The molecule has 0 bridgehead atoms. The molecule has 0 radical (unpaired) electrons. The van der Waals surface area contributed by atoms with E-state index in [1.165, 1.54) is 50.6 Å². The molecule has 1 heterocycles. The van der Waals surface area contributed by atoms with Gasteiger partial charge in [-0.3, -0.25) is 0 Å². The van der Waals surface area contributed by atoms with Gasteiger partial charge in [0.15, 0.2) is 0 Å². The Labute approximate surface area is 141 Å². The van der Waals surface area contributed by atoms with E-state index in [2.05, 4.69) is 33.0 Å². The van der Waals surface area contributed by atoms with Crippen molar-refractivity contribution in [2.45, 2.75) is 44.9 Å². The number of hydrogen-bond acceptors (Lipinski definition) is 2. The molecule has 1 spiro atoms. The molecule has 1 saturated carbocycles. The van der Waals surface area contributed by atoms with Crippen LogP contribution in [0.1, 0.15) is 50.5 Å². The molecule has 0 atom stereocenters. The maximum atomic E-state index is 5.91. The lowest BCUT2D eigenvalue weighted by atomic mass is 9.68. The summed E-state index contributed by atoms with van der Waals surface area (Å²) in [5.41, 5.74) is 8.75. The van der Waals surface area contributed by atoms with Crippen LogP contribution in [0.25, 0.3) is 0 Å². The second-order valence-corrected chi connectivity index (χ2v) is 7.93. The van der Waals surface area contributed by atoms with E-state index in [0.29, 0.717) is 10.4 Å². The lowest BCUT2D eigenvalue weighted by molar-refractivity contribution is 0.144. The lowest BCUT2D eigenvalue weighted by Gasteiger charge is -2.45. The van der Waals surface area contributed by atoms with Gasteiger partial charge in [-0.05, 0) is 49.3 Å². The quantitative estimate of drug-likeness (QED) is 0.773. The minimum atomic E-state index is 0.490. The van der Waals surface area contributed by atoms with Gasteiger partial charge in [-0.1, -0.05) is 47.4 Å². The van der Waals surface area contributed by atoms with E-state index >= 15 is 0 Å². The minimum Gasteiger partial charge on any atom is -0.389 e. The molecule has 1 aromatic rings. The first-order valence-electron chi connectivity index (χ1n) is 7.94. The maximum absolute atomic E-state index is 5.91. The van der Waals surface area contributed by atoms with Gasteiger partial charge >= 0.3 is 0 Å². The van der Waals surface area contributed by atoms with Crippen LogP contribution in [-0.4, -0.2) is 18.1 Å². The summed E-state index contributed by atoms with van der Waals surface area (Å²) < 4.78 is 1.04. The summed E-state index contributed by atoms with van der Waals surface area (Å²) in [6, 6.07) is 6.28. The van der Waals surface area contributed by atoms with Crippen molar-refractivity contribution in [1.82, 2.24) is 0 Å². The average Bonchev–Trinajstić information content (AvgIpc) is 2.49. The van der Waals surface area contributed by atoms with Crippen molar-refractivity contribution in [2.24, 2.45) is 11.1 Å². The molecule has 4 heteroatoms. The Morgan fingerprint density at radius 1 is 1.10 bits per heavy atom. The summed E-state index contributed by atoms with van der Waals surface area (Å²) in [5, 5.41) is 0. The highest BCUT2D eigenvalue weighted by Gasteiger charge is 2.35. The monoisotopic (exact) mass is 366 g/mol. The molecule has 1 aliphatic heterocycles. The van der Waals surface area contributed by atoms with Crippen molar-refractivity contribution in [3.63, 3.8) is 0 Å². The standard InChI is InChI=1S/C17H23BrN2S/c18-13-4-5-15(14(12-13)16(19)21)20-10-8-17(9-11-20)6-2-1-3-7-17/h4-5,12H,1-3,6-11H2,(H2,19,21). The minimum absolute atomic E-state index is 0.490. The van der Waals surface area contributed by atoms with E-state index in [4.69, 9.17) is 18.0 Å². The predicted molar refractivity (Wildman–Crippen MR) is 97.0 cm³/mol. The zero-order valence-corrected chi connectivity index (χ0v) is 14.8. The summed E-state index contributed by atoms with van der Waals surface area (Å²) in [5.74, 6) is 0. The Kier molecular flexibility index (Phi) is 4.55. The van der Waals surface area contributed by atoms with Crippen molar-refractivity contribution >= 4 is 38.8 Å². The summed E-state index contributed by atoms with van der Waals surface area (Å²) >= 11 is 8.74. The number of nitrogens with two attached hydrogens (primary N) is 1. The summed E-state index contributed by atoms with van der Waals surface area (Å²) in [6.45, 7) is 2.27. The third-order valence-corrected chi connectivity index (χ3v) is 6.02. The van der Waals surface area contributed by atoms with Gasteiger partial charge in [0.1, 0.15) is 4.99 Å². The van der Waals surface area contributed by atoms with Gasteiger partial charge in [-0.25, -0.2) is 0 Å². The van der Waals surface area contributed by atoms with Gasteiger partial charge < -0.3 is 10.6 Å². The van der Waals surface area contributed by atoms with Crippen molar-refractivity contribution in [1.29, 1.82) is 0 Å². The topological polar surface area (TPSA) is 29.3 Å². The molecule has 21 heavy (non-hydrogen) atoms.